The number of methoxy groups -OCH3 is 2. The number of para-hydroxylation sites is 4. The second-order valence-corrected chi connectivity index (χ2v) is 32.0. The number of hydrogen-bond acceptors (Lipinski definition) is 8. The topological polar surface area (TPSA) is 237 Å². The molecule has 0 unspecified atom stereocenters. The van der Waals surface area contributed by atoms with Gasteiger partial charge in [-0.05, 0) is 146 Å². The molecule has 120 heavy (non-hydrogen) atoms. The minimum atomic E-state index is -0.0596. The first-order chi connectivity index (χ1) is 58.6. The van der Waals surface area contributed by atoms with Crippen molar-refractivity contribution in [1.29, 1.82) is 0 Å². The maximum atomic E-state index is 9.95. The summed E-state index contributed by atoms with van der Waals surface area (Å²) >= 11 is 31.5. The predicted octanol–water partition coefficient (Wildman–Crippen LogP) is 27.3. The number of ether oxygens (including phenoxy) is 2. The molecule has 0 aliphatic heterocycles. The lowest BCUT2D eigenvalue weighted by atomic mass is 10.0. The molecule has 0 saturated heterocycles. The number of H-pyrrole nitrogens is 8. The molecule has 12 aromatic carbocycles. The Morgan fingerprint density at radius 1 is 0.308 bits per heavy atom. The third-order valence-electron chi connectivity index (χ3n) is 21.0. The maximum absolute atomic E-state index is 9.95. The number of halogens is 6. The molecule has 8 heterocycles. The minimum Gasteiger partial charge on any atom is -0.496 e. The number of fused-ring (bicyclic) bond motifs is 4. The predicted molar refractivity (Wildman–Crippen MR) is 497 cm³/mol. The van der Waals surface area contributed by atoms with Gasteiger partial charge in [-0.1, -0.05) is 236 Å². The molecular weight excluding hydrogens is 1710 g/mol. The van der Waals surface area contributed by atoms with Crippen LogP contribution in [-0.4, -0.2) is 84.2 Å². The van der Waals surface area contributed by atoms with E-state index in [1.807, 2.05) is 255 Å². The van der Waals surface area contributed by atoms with Crippen LogP contribution in [0, 0.1) is 13.8 Å². The van der Waals surface area contributed by atoms with Crippen molar-refractivity contribution >= 4 is 122 Å². The van der Waals surface area contributed by atoms with Crippen molar-refractivity contribution in [2.75, 3.05) is 14.2 Å². The summed E-state index contributed by atoms with van der Waals surface area (Å²) in [6, 6.07) is 91.1. The van der Waals surface area contributed by atoms with Crippen LogP contribution in [-0.2, 0) is 13.2 Å². The van der Waals surface area contributed by atoms with E-state index < -0.39 is 0 Å². The van der Waals surface area contributed by atoms with Gasteiger partial charge in [0.2, 0.25) is 0 Å². The number of nitrogens with zero attached hydrogens (tertiary/aromatic N) is 4. The van der Waals surface area contributed by atoms with Gasteiger partial charge >= 0.3 is 0 Å². The summed E-state index contributed by atoms with van der Waals surface area (Å²) in [5.74, 6) is 4.63. The van der Waals surface area contributed by atoms with Gasteiger partial charge in [-0.2, -0.15) is 0 Å². The van der Waals surface area contributed by atoms with Crippen LogP contribution < -0.4 is 9.47 Å². The zero-order chi connectivity index (χ0) is 82.7. The van der Waals surface area contributed by atoms with Crippen molar-refractivity contribution in [2.45, 2.75) is 27.1 Å². The molecule has 0 atom stereocenters. The molecule has 8 aromatic heterocycles. The molecule has 22 heteroatoms. The summed E-state index contributed by atoms with van der Waals surface area (Å²) in [7, 11) is 3.32. The Kier molecular flexibility index (Phi) is 23.3. The van der Waals surface area contributed by atoms with Crippen molar-refractivity contribution < 1.29 is 19.7 Å². The molecule has 16 nitrogen and oxygen atoms in total. The molecule has 0 fully saturated rings. The molecule has 0 bridgehead atoms. The Hall–Kier alpha value is -12.7. The molecule has 0 saturated carbocycles. The highest BCUT2D eigenvalue weighted by Crippen LogP contribution is 2.45. The molecule has 0 amide bonds. The zero-order valence-corrected chi connectivity index (χ0v) is 71.1. The largest absolute Gasteiger partial charge is 0.496 e. The Bertz CT molecular complexity index is 6840. The van der Waals surface area contributed by atoms with E-state index in [1.54, 1.807) is 14.2 Å². The van der Waals surface area contributed by atoms with Crippen molar-refractivity contribution in [3.8, 4) is 147 Å². The standard InChI is InChI=1S/C26H23N3O2.C25H20BrN3O2.C24H17Cl2N3.C23H14BrCl2N3/c1-16-23(19-11-5-7-13-21(19)27-16)26-28-24(18-10-4-3-9-17(18)15-30)25(29-26)20-12-6-8-14-22(20)31-2;1-31-22-9-5-4-8-18(22)24-23(17-7-3-2-6-15(17)14-30)28-25(29-24)20-13-27-21-11-10-16(26)12-19(20)21;1-14-21(19-4-2-3-5-20(19)27-14)24-28-22(15-6-10-17(25)11-7-15)23(29-24)16-8-12-18(26)13-9-16;24-15-5-10-20-18(11-15)19(12-27-20)23-28-21(13-1-6-16(25)7-2-13)22(29-23)14-3-8-17(26)9-4-14/h3-14,27,30H,15H2,1-2H3,(H,28,29);2-13,27,30H,14H2,1H3,(H,28,29);2-13,27H,1H3,(H,28,29);1-12,27H,(H,28,29). The summed E-state index contributed by atoms with van der Waals surface area (Å²) in [4.78, 5) is 47.8. The lowest BCUT2D eigenvalue weighted by Crippen LogP contribution is -1.93. The van der Waals surface area contributed by atoms with E-state index in [0.717, 1.165) is 222 Å². The summed E-state index contributed by atoms with van der Waals surface area (Å²) in [5, 5.41) is 27.1. The van der Waals surface area contributed by atoms with E-state index in [2.05, 4.69) is 122 Å². The van der Waals surface area contributed by atoms with Crippen LogP contribution in [0.4, 0.5) is 0 Å². The number of aromatic amines is 8. The SMILES string of the molecule is COc1ccccc1-c1nc(-c2c(C)[nH]c3ccccc23)[nH]c1-c1ccccc1CO.COc1ccccc1-c1nc(-c2c[nH]c3ccc(Br)cc23)[nH]c1-c1ccccc1CO.Cc1[nH]c2ccccc2c1-c1nc(-c2ccc(Cl)cc2)c(-c2ccc(Cl)cc2)[nH]1.Clc1ccc(-c2nc(-c3c[nH]c4ccc(Br)cc34)[nH]c2-c2ccc(Cl)cc2)cc1. The molecule has 20 rings (SSSR count). The fraction of sp³-hybridized carbons (Fsp3) is 0.0612. The van der Waals surface area contributed by atoms with Crippen LogP contribution in [0.5, 0.6) is 11.5 Å². The number of aliphatic hydroxyl groups excluding tert-OH is 2. The Labute approximate surface area is 727 Å². The van der Waals surface area contributed by atoms with Crippen LogP contribution >= 0.6 is 78.3 Å². The highest BCUT2D eigenvalue weighted by molar-refractivity contribution is 9.10. The minimum absolute atomic E-state index is 0.0536. The fourth-order valence-corrected chi connectivity index (χ4v) is 16.5. The van der Waals surface area contributed by atoms with Gasteiger partial charge < -0.3 is 59.6 Å². The second kappa shape index (κ2) is 35.1. The summed E-state index contributed by atoms with van der Waals surface area (Å²) in [5.41, 5.74) is 26.7. The first kappa shape index (κ1) is 79.7. The third-order valence-corrected chi connectivity index (χ3v) is 23.0. The summed E-state index contributed by atoms with van der Waals surface area (Å²) < 4.78 is 13.3. The fourth-order valence-electron chi connectivity index (χ4n) is 15.3. The molecular formula is C98H74Br2Cl4N12O4. The number of hydrogen-bond donors (Lipinski definition) is 10. The number of nitrogens with one attached hydrogen (secondary N) is 8. The van der Waals surface area contributed by atoms with Gasteiger partial charge in [-0.15, -0.1) is 0 Å². The Morgan fingerprint density at radius 3 is 1.04 bits per heavy atom. The van der Waals surface area contributed by atoms with Crippen molar-refractivity contribution in [3.63, 3.8) is 0 Å². The van der Waals surface area contributed by atoms with Gasteiger partial charge in [-0.25, -0.2) is 19.9 Å². The van der Waals surface area contributed by atoms with Crippen LogP contribution in [0.15, 0.2) is 300 Å². The number of aliphatic hydroxyl groups is 2. The first-order valence-electron chi connectivity index (χ1n) is 38.4. The lowest BCUT2D eigenvalue weighted by molar-refractivity contribution is 0.282. The van der Waals surface area contributed by atoms with Gasteiger partial charge in [-0.3, -0.25) is 0 Å². The van der Waals surface area contributed by atoms with Crippen molar-refractivity contribution in [3.05, 3.63) is 343 Å². The highest BCUT2D eigenvalue weighted by atomic mass is 79.9. The average Bonchev–Trinajstić information content (AvgIpc) is 1.65. The van der Waals surface area contributed by atoms with Crippen molar-refractivity contribution in [2.24, 2.45) is 0 Å². The Balaban J connectivity index is 0.000000114. The van der Waals surface area contributed by atoms with Crippen LogP contribution in [0.2, 0.25) is 20.1 Å². The number of rotatable bonds is 16. The number of benzene rings is 12. The van der Waals surface area contributed by atoms with E-state index in [4.69, 9.17) is 75.8 Å². The third kappa shape index (κ3) is 16.3. The second-order valence-electron chi connectivity index (χ2n) is 28.4. The van der Waals surface area contributed by atoms with Gasteiger partial charge in [0, 0.05) is 163 Å². The van der Waals surface area contributed by atoms with Crippen molar-refractivity contribution in [1.82, 2.24) is 59.8 Å². The van der Waals surface area contributed by atoms with E-state index in [-0.39, 0.29) is 13.2 Å². The monoisotopic (exact) mass is 1780 g/mol. The maximum Gasteiger partial charge on any atom is 0.140 e. The average molecular weight is 1790 g/mol. The smallest absolute Gasteiger partial charge is 0.140 e. The molecule has 10 N–H and O–H groups in total. The lowest BCUT2D eigenvalue weighted by Gasteiger charge is -2.10. The molecule has 0 spiro atoms. The number of aromatic nitrogens is 12. The van der Waals surface area contributed by atoms with Gasteiger partial charge in [0.1, 0.15) is 46.2 Å². The highest BCUT2D eigenvalue weighted by Gasteiger charge is 2.27. The summed E-state index contributed by atoms with van der Waals surface area (Å²) in [6.07, 6.45) is 3.94. The summed E-state index contributed by atoms with van der Waals surface area (Å²) in [6.45, 7) is 4.02. The Morgan fingerprint density at radius 2 is 0.633 bits per heavy atom. The molecule has 0 aliphatic rings. The van der Waals surface area contributed by atoms with E-state index >= 15 is 0 Å². The van der Waals surface area contributed by atoms with Gasteiger partial charge in [0.05, 0.1) is 61.6 Å². The molecule has 0 aliphatic carbocycles. The number of aryl methyl sites for hydroxylation is 2. The van der Waals surface area contributed by atoms with Crippen LogP contribution in [0.1, 0.15) is 22.5 Å². The molecule has 20 aromatic rings. The van der Waals surface area contributed by atoms with Gasteiger partial charge in [0.15, 0.2) is 0 Å². The number of imidazole rings is 4. The van der Waals surface area contributed by atoms with Gasteiger partial charge in [0.25, 0.3) is 0 Å². The van der Waals surface area contributed by atoms with E-state index in [0.29, 0.717) is 20.1 Å². The van der Waals surface area contributed by atoms with E-state index in [1.165, 1.54) is 0 Å². The van der Waals surface area contributed by atoms with E-state index in [9.17, 15) is 10.2 Å². The van der Waals surface area contributed by atoms with Crippen LogP contribution in [0.3, 0.4) is 0 Å². The molecule has 592 valence electrons. The normalized spacial score (nSPS) is 11.2. The quantitative estimate of drug-likeness (QED) is 0.0446. The molecule has 0 radical (unpaired) electrons. The van der Waals surface area contributed by atoms with Crippen LogP contribution in [0.25, 0.3) is 179 Å². The first-order valence-corrected chi connectivity index (χ1v) is 41.5. The zero-order valence-electron chi connectivity index (χ0n) is 64.9.